The number of piperidine rings is 1. The first-order valence-electron chi connectivity index (χ1n) is 11.7. The summed E-state index contributed by atoms with van der Waals surface area (Å²) in [5.41, 5.74) is 1.57. The number of carbonyl (C=O) groups excluding carboxylic acids is 1. The molecule has 0 bridgehead atoms. The van der Waals surface area contributed by atoms with Gasteiger partial charge in [0.25, 0.3) is 5.91 Å². The van der Waals surface area contributed by atoms with E-state index in [0.717, 1.165) is 68.5 Å². The Labute approximate surface area is 179 Å². The first kappa shape index (κ1) is 19.9. The van der Waals surface area contributed by atoms with Crippen molar-refractivity contribution in [2.24, 2.45) is 5.92 Å². The van der Waals surface area contributed by atoms with Crippen molar-refractivity contribution in [2.45, 2.75) is 58.0 Å². The fraction of sp³-hybridized carbons (Fsp3) is 0.696. The van der Waals surface area contributed by atoms with Gasteiger partial charge in [-0.05, 0) is 64.0 Å². The molecular formula is C23H34N6O. The van der Waals surface area contributed by atoms with E-state index >= 15 is 0 Å². The minimum absolute atomic E-state index is 0.135. The van der Waals surface area contributed by atoms with Crippen LogP contribution in [0.4, 0.5) is 0 Å². The Bertz CT molecular complexity index is 898. The van der Waals surface area contributed by atoms with Crippen molar-refractivity contribution < 1.29 is 4.79 Å². The number of fused-ring (bicyclic) bond motifs is 1. The molecule has 0 N–H and O–H groups in total. The van der Waals surface area contributed by atoms with Gasteiger partial charge in [0.2, 0.25) is 0 Å². The predicted octanol–water partition coefficient (Wildman–Crippen LogP) is 2.83. The van der Waals surface area contributed by atoms with E-state index in [4.69, 9.17) is 0 Å². The average molecular weight is 411 g/mol. The van der Waals surface area contributed by atoms with Crippen molar-refractivity contribution in [1.82, 2.24) is 29.3 Å². The summed E-state index contributed by atoms with van der Waals surface area (Å²) in [5, 5.41) is 9.06. The molecule has 2 aromatic heterocycles. The zero-order valence-electron chi connectivity index (χ0n) is 18.3. The molecule has 0 spiro atoms. The lowest BCUT2D eigenvalue weighted by molar-refractivity contribution is 0.0437. The Morgan fingerprint density at radius 1 is 1.07 bits per heavy atom. The van der Waals surface area contributed by atoms with Crippen molar-refractivity contribution >= 4 is 11.6 Å². The molecule has 2 aliphatic heterocycles. The zero-order chi connectivity index (χ0) is 20.7. The lowest BCUT2D eigenvalue weighted by Gasteiger charge is -2.42. The summed E-state index contributed by atoms with van der Waals surface area (Å²) in [6.07, 6.45) is 8.17. The summed E-state index contributed by atoms with van der Waals surface area (Å²) in [4.78, 5) is 20.2. The van der Waals surface area contributed by atoms with Gasteiger partial charge in [-0.3, -0.25) is 19.0 Å². The fourth-order valence-electron chi connectivity index (χ4n) is 5.07. The van der Waals surface area contributed by atoms with Crippen LogP contribution in [-0.4, -0.2) is 80.5 Å². The standard InChI is InChI=1S/C23H34N6O/c1-17(2)28-13-12-26(14-18-6-7-18)16-20(28)22-25-24-21-9-8-19(15-29(21)22)23(30)27-10-4-3-5-11-27/h8-9,15,17-18,20H,3-7,10-14,16H2,1-2H3/t20-/m1/s1. The Kier molecular flexibility index (Phi) is 5.50. The molecule has 162 valence electrons. The van der Waals surface area contributed by atoms with E-state index in [1.807, 2.05) is 23.2 Å². The van der Waals surface area contributed by atoms with E-state index in [2.05, 4.69) is 38.2 Å². The fourth-order valence-corrected chi connectivity index (χ4v) is 5.07. The molecule has 5 rings (SSSR count). The minimum Gasteiger partial charge on any atom is -0.339 e. The molecule has 3 fully saturated rings. The largest absolute Gasteiger partial charge is 0.339 e. The average Bonchev–Trinajstić information content (AvgIpc) is 3.48. The van der Waals surface area contributed by atoms with Crippen molar-refractivity contribution in [3.05, 3.63) is 29.7 Å². The van der Waals surface area contributed by atoms with Crippen LogP contribution in [0.15, 0.2) is 18.3 Å². The topological polar surface area (TPSA) is 57.0 Å². The molecule has 4 heterocycles. The Morgan fingerprint density at radius 2 is 1.87 bits per heavy atom. The lowest BCUT2D eigenvalue weighted by Crippen LogP contribution is -2.51. The third kappa shape index (κ3) is 3.97. The van der Waals surface area contributed by atoms with Crippen LogP contribution < -0.4 is 0 Å². The molecule has 30 heavy (non-hydrogen) atoms. The third-order valence-electron chi connectivity index (χ3n) is 7.00. The number of pyridine rings is 1. The summed E-state index contributed by atoms with van der Waals surface area (Å²) in [6, 6.07) is 4.50. The molecule has 2 saturated heterocycles. The second kappa shape index (κ2) is 8.27. The quantitative estimate of drug-likeness (QED) is 0.759. The molecule has 1 saturated carbocycles. The van der Waals surface area contributed by atoms with Crippen molar-refractivity contribution in [3.63, 3.8) is 0 Å². The van der Waals surface area contributed by atoms with Crippen molar-refractivity contribution in [2.75, 3.05) is 39.3 Å². The highest BCUT2D eigenvalue weighted by atomic mass is 16.2. The van der Waals surface area contributed by atoms with E-state index in [9.17, 15) is 4.79 Å². The minimum atomic E-state index is 0.135. The molecule has 7 nitrogen and oxygen atoms in total. The highest BCUT2D eigenvalue weighted by Crippen LogP contribution is 2.33. The van der Waals surface area contributed by atoms with Crippen LogP contribution >= 0.6 is 0 Å². The van der Waals surface area contributed by atoms with Crippen molar-refractivity contribution in [1.29, 1.82) is 0 Å². The predicted molar refractivity (Wildman–Crippen MR) is 116 cm³/mol. The summed E-state index contributed by atoms with van der Waals surface area (Å²) in [7, 11) is 0. The van der Waals surface area contributed by atoms with Crippen LogP contribution in [0.2, 0.25) is 0 Å². The van der Waals surface area contributed by atoms with Gasteiger partial charge in [0.1, 0.15) is 0 Å². The van der Waals surface area contributed by atoms with Gasteiger partial charge in [-0.2, -0.15) is 0 Å². The monoisotopic (exact) mass is 410 g/mol. The Morgan fingerprint density at radius 3 is 2.60 bits per heavy atom. The van der Waals surface area contributed by atoms with Crippen LogP contribution in [0.3, 0.4) is 0 Å². The summed E-state index contributed by atoms with van der Waals surface area (Å²) < 4.78 is 2.07. The molecule has 7 heteroatoms. The second-order valence-corrected chi connectivity index (χ2v) is 9.61. The maximum atomic E-state index is 13.1. The maximum absolute atomic E-state index is 13.1. The number of likely N-dealkylation sites (tertiary alicyclic amines) is 1. The lowest BCUT2D eigenvalue weighted by atomic mass is 10.1. The molecule has 1 aliphatic carbocycles. The van der Waals surface area contributed by atoms with E-state index in [1.165, 1.54) is 25.8 Å². The normalized spacial score (nSPS) is 24.1. The third-order valence-corrected chi connectivity index (χ3v) is 7.00. The number of carbonyl (C=O) groups is 1. The van der Waals surface area contributed by atoms with E-state index in [-0.39, 0.29) is 11.9 Å². The maximum Gasteiger partial charge on any atom is 0.255 e. The first-order chi connectivity index (χ1) is 14.6. The summed E-state index contributed by atoms with van der Waals surface area (Å²) in [6.45, 7) is 10.6. The van der Waals surface area contributed by atoms with E-state index in [1.54, 1.807) is 0 Å². The summed E-state index contributed by atoms with van der Waals surface area (Å²) >= 11 is 0. The Balaban J connectivity index is 1.44. The van der Waals surface area contributed by atoms with Crippen LogP contribution in [0.5, 0.6) is 0 Å². The first-order valence-corrected chi connectivity index (χ1v) is 11.7. The molecule has 1 atom stereocenters. The van der Waals surface area contributed by atoms with Crippen LogP contribution in [0.25, 0.3) is 5.65 Å². The van der Waals surface area contributed by atoms with Crippen LogP contribution in [0, 0.1) is 5.92 Å². The van der Waals surface area contributed by atoms with Gasteiger partial charge in [0.05, 0.1) is 11.6 Å². The van der Waals surface area contributed by atoms with Crippen LogP contribution in [-0.2, 0) is 0 Å². The molecule has 2 aromatic rings. The SMILES string of the molecule is CC(C)N1CCN(CC2CC2)C[C@@H]1c1nnc2ccc(C(=O)N3CCCCC3)cn12. The molecule has 3 aliphatic rings. The Hall–Kier alpha value is -1.99. The molecular weight excluding hydrogens is 376 g/mol. The van der Waals surface area contributed by atoms with Crippen molar-refractivity contribution in [3.8, 4) is 0 Å². The number of hydrogen-bond acceptors (Lipinski definition) is 5. The highest BCUT2D eigenvalue weighted by Gasteiger charge is 2.35. The number of amides is 1. The number of rotatable bonds is 5. The zero-order valence-corrected chi connectivity index (χ0v) is 18.3. The van der Waals surface area contributed by atoms with E-state index in [0.29, 0.717) is 6.04 Å². The molecule has 0 radical (unpaired) electrons. The van der Waals surface area contributed by atoms with Gasteiger partial charge in [-0.25, -0.2) is 0 Å². The van der Waals surface area contributed by atoms with Crippen LogP contribution in [0.1, 0.15) is 68.2 Å². The van der Waals surface area contributed by atoms with Gasteiger partial charge in [-0.1, -0.05) is 0 Å². The molecule has 0 unspecified atom stereocenters. The van der Waals surface area contributed by atoms with Gasteiger partial charge >= 0.3 is 0 Å². The van der Waals surface area contributed by atoms with Gasteiger partial charge in [0.15, 0.2) is 11.5 Å². The van der Waals surface area contributed by atoms with Gasteiger partial charge < -0.3 is 4.90 Å². The van der Waals surface area contributed by atoms with Gasteiger partial charge in [-0.15, -0.1) is 10.2 Å². The summed E-state index contributed by atoms with van der Waals surface area (Å²) in [5.74, 6) is 1.99. The smallest absolute Gasteiger partial charge is 0.255 e. The number of nitrogens with zero attached hydrogens (tertiary/aromatic N) is 6. The molecule has 1 amide bonds. The highest BCUT2D eigenvalue weighted by molar-refractivity contribution is 5.94. The van der Waals surface area contributed by atoms with E-state index < -0.39 is 0 Å². The molecule has 0 aromatic carbocycles. The van der Waals surface area contributed by atoms with Gasteiger partial charge in [0, 0.05) is 51.5 Å². The number of piperazine rings is 1. The second-order valence-electron chi connectivity index (χ2n) is 9.61. The number of aromatic nitrogens is 3. The number of hydrogen-bond donors (Lipinski definition) is 0.